The number of hydrogen-bond acceptors (Lipinski definition) is 4. The highest BCUT2D eigenvalue weighted by atomic mass is 32.2. The van der Waals surface area contributed by atoms with Crippen molar-refractivity contribution in [1.29, 1.82) is 0 Å². The van der Waals surface area contributed by atoms with Crippen LogP contribution in [0.3, 0.4) is 0 Å². The molecule has 1 aliphatic carbocycles. The predicted molar refractivity (Wildman–Crippen MR) is 77.1 cm³/mol. The molecule has 3 aliphatic rings. The summed E-state index contributed by atoms with van der Waals surface area (Å²) in [7, 11) is -0.994. The first-order valence-electron chi connectivity index (χ1n) is 7.61. The zero-order valence-electron chi connectivity index (χ0n) is 12.1. The highest BCUT2D eigenvalue weighted by molar-refractivity contribution is 7.91. The molecular weight excluding hydrogens is 276 g/mol. The van der Waals surface area contributed by atoms with Crippen LogP contribution in [0.2, 0.25) is 0 Å². The topological polar surface area (TPSA) is 66.5 Å². The Bertz CT molecular complexity index is 483. The molecule has 1 N–H and O–H groups in total. The van der Waals surface area contributed by atoms with Crippen LogP contribution in [0.25, 0.3) is 0 Å². The third-order valence-electron chi connectivity index (χ3n) is 5.51. The molecule has 5 nitrogen and oxygen atoms in total. The van der Waals surface area contributed by atoms with Gasteiger partial charge in [-0.1, -0.05) is 0 Å². The molecule has 114 valence electrons. The second kappa shape index (κ2) is 4.98. The standard InChI is InChI=1S/C14H24N2O3S/c1-16(11-2-8-20(18,19)9-3-11)13(17)12-10-14(12)4-6-15-7-5-14/h11-12,15H,2-10H2,1H3/t12-/m1/s1. The lowest BCUT2D eigenvalue weighted by Gasteiger charge is -2.32. The fraction of sp³-hybridized carbons (Fsp3) is 0.929. The van der Waals surface area contributed by atoms with Crippen LogP contribution in [0.1, 0.15) is 32.1 Å². The molecule has 1 atom stereocenters. The van der Waals surface area contributed by atoms with Crippen LogP contribution >= 0.6 is 0 Å². The van der Waals surface area contributed by atoms with Crippen molar-refractivity contribution < 1.29 is 13.2 Å². The molecule has 0 unspecified atom stereocenters. The highest BCUT2D eigenvalue weighted by Crippen LogP contribution is 2.59. The van der Waals surface area contributed by atoms with Crippen molar-refractivity contribution >= 4 is 15.7 Å². The molecule has 3 fully saturated rings. The SMILES string of the molecule is CN(C(=O)[C@H]1CC12CCNCC2)C1CCS(=O)(=O)CC1. The fourth-order valence-corrected chi connectivity index (χ4v) is 5.33. The number of carbonyl (C=O) groups excluding carboxylic acids is 1. The van der Waals surface area contributed by atoms with Gasteiger partial charge in [-0.25, -0.2) is 8.42 Å². The van der Waals surface area contributed by atoms with Crippen LogP contribution in [-0.2, 0) is 14.6 Å². The lowest BCUT2D eigenvalue weighted by molar-refractivity contribution is -0.134. The molecule has 0 bridgehead atoms. The van der Waals surface area contributed by atoms with Crippen molar-refractivity contribution in [2.45, 2.75) is 38.1 Å². The van der Waals surface area contributed by atoms with Crippen molar-refractivity contribution in [2.75, 3.05) is 31.6 Å². The third kappa shape index (κ3) is 2.60. The third-order valence-corrected chi connectivity index (χ3v) is 7.22. The van der Waals surface area contributed by atoms with Gasteiger partial charge in [0.1, 0.15) is 9.84 Å². The Morgan fingerprint density at radius 2 is 1.80 bits per heavy atom. The normalized spacial score (nSPS) is 31.9. The van der Waals surface area contributed by atoms with Gasteiger partial charge in [0.2, 0.25) is 5.91 Å². The molecule has 3 rings (SSSR count). The van der Waals surface area contributed by atoms with Gasteiger partial charge in [-0.05, 0) is 50.6 Å². The van der Waals surface area contributed by atoms with E-state index < -0.39 is 9.84 Å². The predicted octanol–water partition coefficient (Wildman–Crippen LogP) is 0.412. The average molecular weight is 300 g/mol. The van der Waals surface area contributed by atoms with Gasteiger partial charge < -0.3 is 10.2 Å². The quantitative estimate of drug-likeness (QED) is 0.802. The maximum atomic E-state index is 12.6. The van der Waals surface area contributed by atoms with Gasteiger partial charge >= 0.3 is 0 Å². The number of piperidine rings is 1. The van der Waals surface area contributed by atoms with Crippen LogP contribution in [0.15, 0.2) is 0 Å². The summed E-state index contributed by atoms with van der Waals surface area (Å²) in [6.07, 6.45) is 4.45. The first kappa shape index (κ1) is 14.3. The van der Waals surface area contributed by atoms with E-state index in [0.29, 0.717) is 12.8 Å². The van der Waals surface area contributed by atoms with E-state index in [2.05, 4.69) is 5.32 Å². The molecule has 0 radical (unpaired) electrons. The van der Waals surface area contributed by atoms with E-state index in [0.717, 1.165) is 32.4 Å². The molecule has 0 aromatic carbocycles. The summed E-state index contributed by atoms with van der Waals surface area (Å²) in [5.74, 6) is 0.897. The number of sulfone groups is 1. The first-order valence-corrected chi connectivity index (χ1v) is 9.44. The Balaban J connectivity index is 1.58. The monoisotopic (exact) mass is 300 g/mol. The van der Waals surface area contributed by atoms with E-state index in [4.69, 9.17) is 0 Å². The zero-order chi connectivity index (χ0) is 14.4. The van der Waals surface area contributed by atoms with Gasteiger partial charge in [0, 0.05) is 19.0 Å². The summed E-state index contributed by atoms with van der Waals surface area (Å²) in [4.78, 5) is 14.4. The summed E-state index contributed by atoms with van der Waals surface area (Å²) in [6, 6.07) is 0.116. The van der Waals surface area contributed by atoms with Crippen LogP contribution in [-0.4, -0.2) is 56.9 Å². The maximum absolute atomic E-state index is 12.6. The molecule has 6 heteroatoms. The van der Waals surface area contributed by atoms with Gasteiger partial charge in [-0.3, -0.25) is 4.79 Å². The van der Waals surface area contributed by atoms with E-state index in [1.54, 1.807) is 0 Å². The zero-order valence-corrected chi connectivity index (χ0v) is 12.9. The van der Waals surface area contributed by atoms with Crippen LogP contribution < -0.4 is 5.32 Å². The molecular formula is C14H24N2O3S. The van der Waals surface area contributed by atoms with Crippen molar-refractivity contribution in [2.24, 2.45) is 11.3 Å². The van der Waals surface area contributed by atoms with E-state index in [1.807, 2.05) is 11.9 Å². The Kier molecular flexibility index (Phi) is 3.57. The minimum absolute atomic E-state index is 0.116. The molecule has 1 amide bonds. The number of nitrogens with one attached hydrogen (secondary N) is 1. The second-order valence-corrected chi connectivity index (χ2v) is 9.00. The van der Waals surface area contributed by atoms with E-state index >= 15 is 0 Å². The molecule has 0 aromatic heterocycles. The lowest BCUT2D eigenvalue weighted by Crippen LogP contribution is -2.44. The highest BCUT2D eigenvalue weighted by Gasteiger charge is 2.58. The molecule has 1 saturated carbocycles. The van der Waals surface area contributed by atoms with Crippen LogP contribution in [0.5, 0.6) is 0 Å². The van der Waals surface area contributed by atoms with Gasteiger partial charge in [0.25, 0.3) is 0 Å². The van der Waals surface area contributed by atoms with E-state index in [-0.39, 0.29) is 34.8 Å². The minimum atomic E-state index is -2.85. The summed E-state index contributed by atoms with van der Waals surface area (Å²) in [6.45, 7) is 2.05. The number of rotatable bonds is 2. The Hall–Kier alpha value is -0.620. The number of hydrogen-bond donors (Lipinski definition) is 1. The molecule has 20 heavy (non-hydrogen) atoms. The largest absolute Gasteiger partial charge is 0.342 e. The fourth-order valence-electron chi connectivity index (χ4n) is 3.86. The lowest BCUT2D eigenvalue weighted by atomic mass is 9.91. The molecule has 1 spiro atoms. The Morgan fingerprint density at radius 3 is 2.40 bits per heavy atom. The summed E-state index contributed by atoms with van der Waals surface area (Å²) < 4.78 is 22.9. The summed E-state index contributed by atoms with van der Waals surface area (Å²) in [5, 5.41) is 3.35. The second-order valence-electron chi connectivity index (χ2n) is 6.70. The average Bonchev–Trinajstić information content (AvgIpc) is 3.11. The minimum Gasteiger partial charge on any atom is -0.342 e. The van der Waals surface area contributed by atoms with E-state index in [1.165, 1.54) is 0 Å². The van der Waals surface area contributed by atoms with E-state index in [9.17, 15) is 13.2 Å². The Morgan fingerprint density at radius 1 is 1.20 bits per heavy atom. The van der Waals surface area contributed by atoms with Gasteiger partial charge in [0.05, 0.1) is 11.5 Å². The Labute approximate surface area is 121 Å². The smallest absolute Gasteiger partial charge is 0.226 e. The summed E-state index contributed by atoms with van der Waals surface area (Å²) >= 11 is 0. The number of carbonyl (C=O) groups is 1. The molecule has 0 aromatic rings. The summed E-state index contributed by atoms with van der Waals surface area (Å²) in [5.41, 5.74) is 0.261. The van der Waals surface area contributed by atoms with Crippen LogP contribution in [0, 0.1) is 11.3 Å². The first-order chi connectivity index (χ1) is 9.44. The van der Waals surface area contributed by atoms with Crippen molar-refractivity contribution in [3.8, 4) is 0 Å². The van der Waals surface area contributed by atoms with Gasteiger partial charge in [-0.2, -0.15) is 0 Å². The maximum Gasteiger partial charge on any atom is 0.226 e. The van der Waals surface area contributed by atoms with Crippen LogP contribution in [0.4, 0.5) is 0 Å². The number of nitrogens with zero attached hydrogens (tertiary/aromatic N) is 1. The molecule has 2 saturated heterocycles. The van der Waals surface area contributed by atoms with Crippen molar-refractivity contribution in [3.63, 3.8) is 0 Å². The number of amides is 1. The van der Waals surface area contributed by atoms with Crippen molar-refractivity contribution in [1.82, 2.24) is 10.2 Å². The molecule has 2 aliphatic heterocycles. The molecule has 2 heterocycles. The van der Waals surface area contributed by atoms with Gasteiger partial charge in [0.15, 0.2) is 0 Å². The van der Waals surface area contributed by atoms with Gasteiger partial charge in [-0.15, -0.1) is 0 Å². The van der Waals surface area contributed by atoms with Crippen molar-refractivity contribution in [3.05, 3.63) is 0 Å².